The molecule has 4 N–H and O–H groups in total. The molecule has 2 amide bonds. The summed E-state index contributed by atoms with van der Waals surface area (Å²) in [5.74, 6) is -0.513. The summed E-state index contributed by atoms with van der Waals surface area (Å²) >= 11 is 0. The van der Waals surface area contributed by atoms with Gasteiger partial charge in [-0.05, 0) is 67.8 Å². The van der Waals surface area contributed by atoms with Gasteiger partial charge in [-0.3, -0.25) is 19.1 Å². The van der Waals surface area contributed by atoms with Crippen LogP contribution < -0.4 is 16.0 Å². The van der Waals surface area contributed by atoms with Gasteiger partial charge in [0, 0.05) is 38.0 Å². The first-order chi connectivity index (χ1) is 18.2. The number of pyridine rings is 1. The lowest BCUT2D eigenvalue weighted by Crippen LogP contribution is -2.39. The Bertz CT molecular complexity index is 1260. The van der Waals surface area contributed by atoms with Gasteiger partial charge in [0.25, 0.3) is 0 Å². The van der Waals surface area contributed by atoms with Crippen molar-refractivity contribution in [2.75, 3.05) is 25.0 Å². The van der Waals surface area contributed by atoms with E-state index in [0.717, 1.165) is 17.1 Å². The quantitative estimate of drug-likeness (QED) is 0.198. The second-order valence-corrected chi connectivity index (χ2v) is 8.81. The number of anilines is 1. The van der Waals surface area contributed by atoms with E-state index in [-0.39, 0.29) is 37.6 Å². The predicted molar refractivity (Wildman–Crippen MR) is 142 cm³/mol. The Hall–Kier alpha value is -4.41. The van der Waals surface area contributed by atoms with Crippen LogP contribution in [-0.4, -0.2) is 57.4 Å². The minimum atomic E-state index is -0.774. The molecule has 1 aromatic carbocycles. The van der Waals surface area contributed by atoms with Gasteiger partial charge in [-0.2, -0.15) is 5.10 Å². The molecule has 0 aliphatic carbocycles. The number of rotatable bonds is 13. The molecule has 1 unspecified atom stereocenters. The third-order valence-corrected chi connectivity index (χ3v) is 5.72. The van der Waals surface area contributed by atoms with Gasteiger partial charge in [-0.15, -0.1) is 0 Å². The van der Waals surface area contributed by atoms with E-state index in [1.54, 1.807) is 49.2 Å². The zero-order chi connectivity index (χ0) is 27.5. The molecule has 2 aromatic heterocycles. The summed E-state index contributed by atoms with van der Waals surface area (Å²) in [6.45, 7) is 4.18. The van der Waals surface area contributed by atoms with Crippen LogP contribution in [0.1, 0.15) is 43.4 Å². The predicted octanol–water partition coefficient (Wildman–Crippen LogP) is 2.62. The number of amides is 2. The molecule has 2 heterocycles. The van der Waals surface area contributed by atoms with Gasteiger partial charge >= 0.3 is 5.97 Å². The van der Waals surface area contributed by atoms with E-state index in [1.807, 2.05) is 19.1 Å². The van der Waals surface area contributed by atoms with Crippen molar-refractivity contribution in [3.05, 3.63) is 59.9 Å². The minimum Gasteiger partial charge on any atom is -0.508 e. The number of esters is 1. The molecule has 3 rings (SSSR count). The van der Waals surface area contributed by atoms with Crippen LogP contribution in [0.4, 0.5) is 5.82 Å². The molecule has 0 radical (unpaired) electrons. The first-order valence-electron chi connectivity index (χ1n) is 12.5. The Morgan fingerprint density at radius 1 is 1.11 bits per heavy atom. The highest BCUT2D eigenvalue weighted by Gasteiger charge is 2.21. The van der Waals surface area contributed by atoms with Crippen molar-refractivity contribution in [1.29, 1.82) is 0 Å². The van der Waals surface area contributed by atoms with Crippen LogP contribution >= 0.6 is 0 Å². The van der Waals surface area contributed by atoms with E-state index in [9.17, 15) is 19.5 Å². The minimum absolute atomic E-state index is 0.0235. The number of nitrogens with one attached hydrogen (secondary N) is 3. The van der Waals surface area contributed by atoms with Crippen LogP contribution in [0.3, 0.4) is 0 Å². The molecule has 0 bridgehead atoms. The Kier molecular flexibility index (Phi) is 10.2. The van der Waals surface area contributed by atoms with E-state index in [4.69, 9.17) is 4.74 Å². The Morgan fingerprint density at radius 2 is 1.92 bits per heavy atom. The van der Waals surface area contributed by atoms with Crippen molar-refractivity contribution in [2.24, 2.45) is 7.05 Å². The molecule has 0 saturated heterocycles. The number of aromatic hydroxyl groups is 1. The van der Waals surface area contributed by atoms with Crippen molar-refractivity contribution < 1.29 is 24.2 Å². The number of phenols is 1. The Balaban J connectivity index is 1.57. The monoisotopic (exact) mass is 522 g/mol. The second kappa shape index (κ2) is 13.8. The normalized spacial score (nSPS) is 11.4. The molecule has 0 fully saturated rings. The highest BCUT2D eigenvalue weighted by Crippen LogP contribution is 2.29. The number of phenolic OH excluding ortho intramolecular Hbond substituents is 1. The molecule has 0 aliphatic rings. The van der Waals surface area contributed by atoms with Crippen LogP contribution in [0.2, 0.25) is 0 Å². The summed E-state index contributed by atoms with van der Waals surface area (Å²) in [5.41, 5.74) is 3.03. The first kappa shape index (κ1) is 28.2. The Morgan fingerprint density at radius 3 is 2.63 bits per heavy atom. The fourth-order valence-corrected chi connectivity index (χ4v) is 3.89. The van der Waals surface area contributed by atoms with E-state index >= 15 is 0 Å². The van der Waals surface area contributed by atoms with Crippen LogP contribution in [0.5, 0.6) is 5.75 Å². The van der Waals surface area contributed by atoms with E-state index in [0.29, 0.717) is 24.1 Å². The summed E-state index contributed by atoms with van der Waals surface area (Å²) in [4.78, 5) is 41.4. The van der Waals surface area contributed by atoms with E-state index in [1.165, 1.54) is 6.07 Å². The van der Waals surface area contributed by atoms with Crippen molar-refractivity contribution >= 4 is 23.6 Å². The van der Waals surface area contributed by atoms with Crippen molar-refractivity contribution in [1.82, 2.24) is 25.4 Å². The van der Waals surface area contributed by atoms with Crippen molar-refractivity contribution in [3.63, 3.8) is 0 Å². The summed E-state index contributed by atoms with van der Waals surface area (Å²) in [7, 11) is 1.77. The molecule has 38 heavy (non-hydrogen) atoms. The molecule has 202 valence electrons. The van der Waals surface area contributed by atoms with Crippen LogP contribution in [0.25, 0.3) is 11.3 Å². The van der Waals surface area contributed by atoms with Crippen molar-refractivity contribution in [3.8, 4) is 17.0 Å². The molecule has 11 heteroatoms. The van der Waals surface area contributed by atoms with Gasteiger partial charge in [0.15, 0.2) is 0 Å². The summed E-state index contributed by atoms with van der Waals surface area (Å²) in [6, 6.07) is 9.68. The molecule has 0 spiro atoms. The first-order valence-corrected chi connectivity index (χ1v) is 12.5. The highest BCUT2D eigenvalue weighted by molar-refractivity contribution is 5.85. The maximum absolute atomic E-state index is 12.7. The summed E-state index contributed by atoms with van der Waals surface area (Å²) < 4.78 is 6.72. The van der Waals surface area contributed by atoms with Gasteiger partial charge in [0.1, 0.15) is 11.6 Å². The molecular weight excluding hydrogens is 488 g/mol. The lowest BCUT2D eigenvalue weighted by atomic mass is 9.99. The van der Waals surface area contributed by atoms with E-state index in [2.05, 4.69) is 26.0 Å². The number of carbonyl (C=O) groups excluding carboxylic acids is 3. The number of benzene rings is 1. The lowest BCUT2D eigenvalue weighted by Gasteiger charge is -2.20. The Labute approximate surface area is 221 Å². The number of carbonyl (C=O) groups is 3. The highest BCUT2D eigenvalue weighted by atomic mass is 16.5. The standard InChI is InChI=1S/C27H34N6O5/c1-4-38-27(37)16-22(19-13-20(15-21(34)14-19)23-8-11-31-33(23)3)32-26(36)17-30-25(35)6-5-9-28-24-12-18(2)7-10-29-24/h7-8,10-15,22,34H,4-6,9,16-17H2,1-3H3,(H,28,29)(H,30,35)(H,32,36). The number of hydrogen-bond acceptors (Lipinski definition) is 8. The van der Waals surface area contributed by atoms with Gasteiger partial charge in [-0.1, -0.05) is 0 Å². The topological polar surface area (TPSA) is 147 Å². The average Bonchev–Trinajstić information content (AvgIpc) is 3.30. The van der Waals surface area contributed by atoms with Crippen LogP contribution in [-0.2, 0) is 26.2 Å². The van der Waals surface area contributed by atoms with Gasteiger partial charge < -0.3 is 25.8 Å². The summed E-state index contributed by atoms with van der Waals surface area (Å²) in [5, 5.41) is 23.0. The average molecular weight is 523 g/mol. The van der Waals surface area contributed by atoms with Crippen LogP contribution in [0.15, 0.2) is 48.8 Å². The van der Waals surface area contributed by atoms with Crippen molar-refractivity contribution in [2.45, 2.75) is 39.2 Å². The number of aromatic nitrogens is 3. The third kappa shape index (κ3) is 8.61. The fourth-order valence-electron chi connectivity index (χ4n) is 3.89. The zero-order valence-corrected chi connectivity index (χ0v) is 21.9. The maximum atomic E-state index is 12.7. The number of nitrogens with zero attached hydrogens (tertiary/aromatic N) is 3. The van der Waals surface area contributed by atoms with Gasteiger partial charge in [0.05, 0.1) is 31.3 Å². The molecular formula is C27H34N6O5. The number of aryl methyl sites for hydroxylation is 2. The van der Waals surface area contributed by atoms with E-state index < -0.39 is 17.9 Å². The summed E-state index contributed by atoms with van der Waals surface area (Å²) in [6.07, 6.45) is 4.01. The largest absolute Gasteiger partial charge is 0.508 e. The van der Waals surface area contributed by atoms with Gasteiger partial charge in [0.2, 0.25) is 11.8 Å². The molecule has 0 aliphatic heterocycles. The fraction of sp³-hybridized carbons (Fsp3) is 0.370. The lowest BCUT2D eigenvalue weighted by molar-refractivity contribution is -0.144. The van der Waals surface area contributed by atoms with Crippen LogP contribution in [0, 0.1) is 6.92 Å². The zero-order valence-electron chi connectivity index (χ0n) is 21.9. The molecule has 3 aromatic rings. The molecule has 11 nitrogen and oxygen atoms in total. The smallest absolute Gasteiger partial charge is 0.308 e. The number of hydrogen-bond donors (Lipinski definition) is 4. The SMILES string of the molecule is CCOC(=O)CC(NC(=O)CNC(=O)CCCNc1cc(C)ccn1)c1cc(O)cc(-c2ccnn2C)c1. The molecule has 0 saturated carbocycles. The van der Waals surface area contributed by atoms with Gasteiger partial charge in [-0.25, -0.2) is 4.98 Å². The second-order valence-electron chi connectivity index (χ2n) is 8.81. The molecule has 1 atom stereocenters. The number of ether oxygens (including phenoxy) is 1. The third-order valence-electron chi connectivity index (χ3n) is 5.72. The maximum Gasteiger partial charge on any atom is 0.308 e.